The molecular weight excluding hydrogens is 430 g/mol. The highest BCUT2D eigenvalue weighted by Crippen LogP contribution is 2.24. The van der Waals surface area contributed by atoms with Gasteiger partial charge in [0.05, 0.1) is 6.61 Å². The highest BCUT2D eigenvalue weighted by Gasteiger charge is 2.23. The van der Waals surface area contributed by atoms with Crippen LogP contribution in [0.15, 0.2) is 36.4 Å². The molecule has 0 radical (unpaired) electrons. The van der Waals surface area contributed by atoms with E-state index in [1.807, 2.05) is 29.2 Å². The summed E-state index contributed by atoms with van der Waals surface area (Å²) >= 11 is 0. The summed E-state index contributed by atoms with van der Waals surface area (Å²) in [6.45, 7) is 13.8. The van der Waals surface area contributed by atoms with E-state index < -0.39 is 0 Å². The van der Waals surface area contributed by atoms with Crippen LogP contribution in [0.5, 0.6) is 0 Å². The highest BCUT2D eigenvalue weighted by molar-refractivity contribution is 5.89. The van der Waals surface area contributed by atoms with Crippen LogP contribution in [0.4, 0.5) is 22.1 Å². The number of benzene rings is 1. The molecule has 2 saturated heterocycles. The molecule has 2 N–H and O–H groups in total. The summed E-state index contributed by atoms with van der Waals surface area (Å²) in [7, 11) is 0. The molecule has 2 aromatic rings. The van der Waals surface area contributed by atoms with E-state index in [0.29, 0.717) is 13.1 Å². The molecule has 0 saturated carbocycles. The minimum Gasteiger partial charge on any atom is -0.395 e. The molecule has 0 aliphatic carbocycles. The Hall–Kier alpha value is -2.91. The summed E-state index contributed by atoms with van der Waals surface area (Å²) in [4.78, 5) is 21.2. The van der Waals surface area contributed by atoms with Crippen LogP contribution in [0.25, 0.3) is 0 Å². The molecule has 2 aliphatic heterocycles. The summed E-state index contributed by atoms with van der Waals surface area (Å²) in [5.74, 6) is 1.74. The SMILES string of the molecule is CC(C)(C)c1ccc(NC(=O)N2CCN(c3ccc(N4CCN(CCO)CC4)nn3)CC2)cc1. The third kappa shape index (κ3) is 5.95. The molecule has 1 aromatic carbocycles. The van der Waals surface area contributed by atoms with Crippen molar-refractivity contribution < 1.29 is 9.90 Å². The van der Waals surface area contributed by atoms with E-state index >= 15 is 0 Å². The van der Waals surface area contributed by atoms with Crippen LogP contribution in [-0.4, -0.2) is 96.6 Å². The molecule has 9 nitrogen and oxygen atoms in total. The van der Waals surface area contributed by atoms with Crippen molar-refractivity contribution >= 4 is 23.4 Å². The second kappa shape index (κ2) is 10.6. The van der Waals surface area contributed by atoms with Gasteiger partial charge in [-0.25, -0.2) is 4.79 Å². The molecule has 0 atom stereocenters. The molecule has 34 heavy (non-hydrogen) atoms. The van der Waals surface area contributed by atoms with E-state index in [1.165, 1.54) is 5.56 Å². The van der Waals surface area contributed by atoms with Gasteiger partial charge in [-0.3, -0.25) is 4.90 Å². The van der Waals surface area contributed by atoms with Gasteiger partial charge in [-0.15, -0.1) is 10.2 Å². The first-order valence-electron chi connectivity index (χ1n) is 12.2. The Labute approximate surface area is 202 Å². The zero-order valence-electron chi connectivity index (χ0n) is 20.6. The van der Waals surface area contributed by atoms with E-state index in [-0.39, 0.29) is 18.1 Å². The predicted octanol–water partition coefficient (Wildman–Crippen LogP) is 2.24. The molecule has 0 bridgehead atoms. The maximum Gasteiger partial charge on any atom is 0.321 e. The molecular formula is C25H37N7O2. The molecule has 1 aromatic heterocycles. The molecule has 2 amide bonds. The minimum atomic E-state index is -0.0649. The normalized spacial score (nSPS) is 17.7. The third-order valence-corrected chi connectivity index (χ3v) is 6.64. The van der Waals surface area contributed by atoms with Gasteiger partial charge in [-0.2, -0.15) is 0 Å². The van der Waals surface area contributed by atoms with Gasteiger partial charge in [0.1, 0.15) is 0 Å². The number of hydrogen-bond acceptors (Lipinski definition) is 7. The monoisotopic (exact) mass is 467 g/mol. The molecule has 9 heteroatoms. The van der Waals surface area contributed by atoms with Gasteiger partial charge in [-0.1, -0.05) is 32.9 Å². The fourth-order valence-corrected chi connectivity index (χ4v) is 4.39. The van der Waals surface area contributed by atoms with Crippen LogP contribution in [-0.2, 0) is 5.41 Å². The van der Waals surface area contributed by atoms with Crippen molar-refractivity contribution in [2.24, 2.45) is 0 Å². The first-order chi connectivity index (χ1) is 16.3. The summed E-state index contributed by atoms with van der Waals surface area (Å²) in [6.07, 6.45) is 0. The largest absolute Gasteiger partial charge is 0.395 e. The number of aromatic nitrogens is 2. The quantitative estimate of drug-likeness (QED) is 0.697. The zero-order chi connectivity index (χ0) is 24.1. The highest BCUT2D eigenvalue weighted by atomic mass is 16.3. The summed E-state index contributed by atoms with van der Waals surface area (Å²) in [6, 6.07) is 12.1. The van der Waals surface area contributed by atoms with Gasteiger partial charge in [0.2, 0.25) is 0 Å². The van der Waals surface area contributed by atoms with Crippen LogP contribution < -0.4 is 15.1 Å². The average Bonchev–Trinajstić information content (AvgIpc) is 2.85. The number of amides is 2. The van der Waals surface area contributed by atoms with Crippen molar-refractivity contribution in [3.05, 3.63) is 42.0 Å². The summed E-state index contributed by atoms with van der Waals surface area (Å²) in [5.41, 5.74) is 2.16. The third-order valence-electron chi connectivity index (χ3n) is 6.64. The Balaban J connectivity index is 1.25. The van der Waals surface area contributed by atoms with Gasteiger partial charge in [0, 0.05) is 64.6 Å². The lowest BCUT2D eigenvalue weighted by molar-refractivity contribution is 0.188. The molecule has 0 spiro atoms. The number of urea groups is 1. The summed E-state index contributed by atoms with van der Waals surface area (Å²) in [5, 5.41) is 21.0. The topological polar surface area (TPSA) is 88.1 Å². The number of nitrogens with zero attached hydrogens (tertiary/aromatic N) is 6. The van der Waals surface area contributed by atoms with Gasteiger partial charge in [-0.05, 0) is 35.2 Å². The predicted molar refractivity (Wildman–Crippen MR) is 136 cm³/mol. The number of nitrogens with one attached hydrogen (secondary N) is 1. The van der Waals surface area contributed by atoms with Crippen molar-refractivity contribution in [2.75, 3.05) is 80.6 Å². The van der Waals surface area contributed by atoms with Crippen molar-refractivity contribution in [3.63, 3.8) is 0 Å². The van der Waals surface area contributed by atoms with E-state index in [4.69, 9.17) is 5.11 Å². The molecule has 0 unspecified atom stereocenters. The Bertz CT molecular complexity index is 927. The lowest BCUT2D eigenvalue weighted by Gasteiger charge is -2.36. The Kier molecular flexibility index (Phi) is 7.53. The molecule has 184 valence electrons. The Morgan fingerprint density at radius 2 is 1.38 bits per heavy atom. The maximum atomic E-state index is 12.7. The second-order valence-corrected chi connectivity index (χ2v) is 10.0. The van der Waals surface area contributed by atoms with Crippen LogP contribution in [0, 0.1) is 0 Å². The molecule has 2 aliphatic rings. The van der Waals surface area contributed by atoms with Gasteiger partial charge < -0.3 is 25.1 Å². The number of piperazine rings is 2. The number of anilines is 3. The lowest BCUT2D eigenvalue weighted by Crippen LogP contribution is -2.50. The van der Waals surface area contributed by atoms with Crippen molar-refractivity contribution in [2.45, 2.75) is 26.2 Å². The lowest BCUT2D eigenvalue weighted by atomic mass is 9.87. The standard InChI is InChI=1S/C25H37N7O2/c1-25(2,3)20-4-6-21(7-5-20)26-24(34)32-16-14-31(15-17-32)23-9-8-22(27-28-23)30-12-10-29(11-13-30)18-19-33/h4-9,33H,10-19H2,1-3H3,(H,26,34). The second-order valence-electron chi connectivity index (χ2n) is 10.0. The van der Waals surface area contributed by atoms with E-state index in [0.717, 1.165) is 63.1 Å². The van der Waals surface area contributed by atoms with Gasteiger partial charge in [0.15, 0.2) is 11.6 Å². The molecule has 4 rings (SSSR count). The van der Waals surface area contributed by atoms with Crippen molar-refractivity contribution in [1.82, 2.24) is 20.0 Å². The number of hydrogen-bond donors (Lipinski definition) is 2. The number of aliphatic hydroxyl groups is 1. The average molecular weight is 468 g/mol. The number of rotatable bonds is 5. The van der Waals surface area contributed by atoms with Crippen LogP contribution in [0.3, 0.4) is 0 Å². The van der Waals surface area contributed by atoms with Crippen LogP contribution >= 0.6 is 0 Å². The number of carbonyl (C=O) groups excluding carboxylic acids is 1. The van der Waals surface area contributed by atoms with Gasteiger partial charge >= 0.3 is 6.03 Å². The van der Waals surface area contributed by atoms with E-state index in [2.05, 4.69) is 63.1 Å². The van der Waals surface area contributed by atoms with Crippen molar-refractivity contribution in [1.29, 1.82) is 0 Å². The zero-order valence-corrected chi connectivity index (χ0v) is 20.6. The van der Waals surface area contributed by atoms with Gasteiger partial charge in [0.25, 0.3) is 0 Å². The smallest absolute Gasteiger partial charge is 0.321 e. The number of β-amino-alcohol motifs (C(OH)–C–C–N with tert-alkyl or cyclic N) is 1. The molecule has 3 heterocycles. The van der Waals surface area contributed by atoms with E-state index in [1.54, 1.807) is 0 Å². The first kappa shape index (κ1) is 24.2. The molecule has 2 fully saturated rings. The Morgan fingerprint density at radius 3 is 1.85 bits per heavy atom. The first-order valence-corrected chi connectivity index (χ1v) is 12.2. The van der Waals surface area contributed by atoms with Crippen LogP contribution in [0.1, 0.15) is 26.3 Å². The van der Waals surface area contributed by atoms with Crippen molar-refractivity contribution in [3.8, 4) is 0 Å². The fourth-order valence-electron chi connectivity index (χ4n) is 4.39. The van der Waals surface area contributed by atoms with E-state index in [9.17, 15) is 4.79 Å². The minimum absolute atomic E-state index is 0.0649. The summed E-state index contributed by atoms with van der Waals surface area (Å²) < 4.78 is 0. The number of aliphatic hydroxyl groups excluding tert-OH is 1. The Morgan fingerprint density at radius 1 is 0.853 bits per heavy atom. The maximum absolute atomic E-state index is 12.7. The number of carbonyl (C=O) groups is 1. The fraction of sp³-hybridized carbons (Fsp3) is 0.560. The van der Waals surface area contributed by atoms with Crippen LogP contribution in [0.2, 0.25) is 0 Å².